The SMILES string of the molecule is Cc1ccc(-n2cnc3c(N(CCO)CCO)ncnc32)cc1. The molecule has 0 spiro atoms. The zero-order chi connectivity index (χ0) is 16.2. The van der Waals surface area contributed by atoms with Gasteiger partial charge in [-0.2, -0.15) is 0 Å². The second-order valence-corrected chi connectivity index (χ2v) is 5.25. The van der Waals surface area contributed by atoms with Crippen molar-refractivity contribution >= 4 is 17.0 Å². The van der Waals surface area contributed by atoms with Crippen molar-refractivity contribution in [2.24, 2.45) is 0 Å². The van der Waals surface area contributed by atoms with Gasteiger partial charge in [-0.3, -0.25) is 4.57 Å². The second kappa shape index (κ2) is 6.72. The lowest BCUT2D eigenvalue weighted by Crippen LogP contribution is -2.30. The van der Waals surface area contributed by atoms with Crippen molar-refractivity contribution in [3.8, 4) is 5.69 Å². The molecule has 0 fully saturated rings. The Morgan fingerprint density at radius 3 is 2.35 bits per heavy atom. The van der Waals surface area contributed by atoms with Crippen LogP contribution in [0.25, 0.3) is 16.9 Å². The van der Waals surface area contributed by atoms with Crippen molar-refractivity contribution in [2.45, 2.75) is 6.92 Å². The molecule has 0 saturated carbocycles. The molecule has 23 heavy (non-hydrogen) atoms. The predicted molar refractivity (Wildman–Crippen MR) is 87.8 cm³/mol. The van der Waals surface area contributed by atoms with E-state index in [0.717, 1.165) is 5.69 Å². The third-order valence-corrected chi connectivity index (χ3v) is 3.67. The fourth-order valence-corrected chi connectivity index (χ4v) is 2.51. The highest BCUT2D eigenvalue weighted by Gasteiger charge is 2.16. The van der Waals surface area contributed by atoms with Gasteiger partial charge >= 0.3 is 0 Å². The Kier molecular flexibility index (Phi) is 4.50. The molecule has 0 aliphatic carbocycles. The van der Waals surface area contributed by atoms with Crippen molar-refractivity contribution < 1.29 is 10.2 Å². The van der Waals surface area contributed by atoms with Crippen molar-refractivity contribution in [1.29, 1.82) is 0 Å². The Morgan fingerprint density at radius 2 is 1.70 bits per heavy atom. The fourth-order valence-electron chi connectivity index (χ4n) is 2.51. The number of hydrogen-bond donors (Lipinski definition) is 2. The van der Waals surface area contributed by atoms with Crippen molar-refractivity contribution in [3.63, 3.8) is 0 Å². The molecule has 0 radical (unpaired) electrons. The van der Waals surface area contributed by atoms with E-state index in [1.54, 1.807) is 11.2 Å². The van der Waals surface area contributed by atoms with Gasteiger partial charge in [-0.1, -0.05) is 17.7 Å². The summed E-state index contributed by atoms with van der Waals surface area (Å²) in [6.07, 6.45) is 3.19. The molecular formula is C16H19N5O2. The fraction of sp³-hybridized carbons (Fsp3) is 0.312. The van der Waals surface area contributed by atoms with Gasteiger partial charge in [0.1, 0.15) is 12.7 Å². The molecule has 3 aromatic rings. The maximum atomic E-state index is 9.21. The molecule has 3 rings (SSSR count). The maximum absolute atomic E-state index is 9.21. The van der Waals surface area contributed by atoms with Crippen LogP contribution in [-0.2, 0) is 0 Å². The van der Waals surface area contributed by atoms with Gasteiger partial charge < -0.3 is 15.1 Å². The lowest BCUT2D eigenvalue weighted by molar-refractivity contribution is 0.281. The Hall–Kier alpha value is -2.51. The van der Waals surface area contributed by atoms with Gasteiger partial charge in [0.25, 0.3) is 0 Å². The molecule has 2 N–H and O–H groups in total. The van der Waals surface area contributed by atoms with E-state index in [0.29, 0.717) is 30.1 Å². The number of aromatic nitrogens is 4. The van der Waals surface area contributed by atoms with Crippen LogP contribution in [0, 0.1) is 6.92 Å². The largest absolute Gasteiger partial charge is 0.395 e. The molecule has 0 unspecified atom stereocenters. The highest BCUT2D eigenvalue weighted by Crippen LogP contribution is 2.23. The normalized spacial score (nSPS) is 11.1. The Labute approximate surface area is 133 Å². The second-order valence-electron chi connectivity index (χ2n) is 5.25. The van der Waals surface area contributed by atoms with Crippen molar-refractivity contribution in [2.75, 3.05) is 31.2 Å². The number of benzene rings is 1. The summed E-state index contributed by atoms with van der Waals surface area (Å²) < 4.78 is 1.90. The summed E-state index contributed by atoms with van der Waals surface area (Å²) in [5.74, 6) is 0.615. The third kappa shape index (κ3) is 3.01. The first kappa shape index (κ1) is 15.4. The van der Waals surface area contributed by atoms with Gasteiger partial charge in [-0.05, 0) is 19.1 Å². The first-order valence-electron chi connectivity index (χ1n) is 7.46. The zero-order valence-electron chi connectivity index (χ0n) is 12.9. The number of hydrogen-bond acceptors (Lipinski definition) is 6. The van der Waals surface area contributed by atoms with Crippen LogP contribution in [0.2, 0.25) is 0 Å². The molecule has 2 heterocycles. The Bertz CT molecular complexity index is 779. The standard InChI is InChI=1S/C16H19N5O2/c1-12-2-4-13(5-3-12)21-11-19-14-15(17-10-18-16(14)21)20(6-8-22)7-9-23/h2-5,10-11,22-23H,6-9H2,1H3. The number of aliphatic hydroxyl groups excluding tert-OH is 2. The van der Waals surface area contributed by atoms with E-state index < -0.39 is 0 Å². The highest BCUT2D eigenvalue weighted by atomic mass is 16.3. The molecule has 2 aromatic heterocycles. The molecule has 1 aromatic carbocycles. The average Bonchev–Trinajstić information content (AvgIpc) is 2.99. The molecule has 0 bridgehead atoms. The van der Waals surface area contributed by atoms with E-state index in [1.807, 2.05) is 35.8 Å². The first-order chi connectivity index (χ1) is 11.2. The molecule has 0 aliphatic heterocycles. The van der Waals surface area contributed by atoms with Crippen LogP contribution < -0.4 is 4.90 Å². The van der Waals surface area contributed by atoms with E-state index in [2.05, 4.69) is 15.0 Å². The smallest absolute Gasteiger partial charge is 0.170 e. The van der Waals surface area contributed by atoms with Gasteiger partial charge in [-0.25, -0.2) is 15.0 Å². The topological polar surface area (TPSA) is 87.3 Å². The van der Waals surface area contributed by atoms with Crippen LogP contribution >= 0.6 is 0 Å². The molecule has 7 heteroatoms. The van der Waals surface area contributed by atoms with E-state index in [1.165, 1.54) is 11.9 Å². The number of rotatable bonds is 6. The number of aryl methyl sites for hydroxylation is 1. The molecule has 0 atom stereocenters. The van der Waals surface area contributed by atoms with E-state index in [9.17, 15) is 10.2 Å². The summed E-state index contributed by atoms with van der Waals surface area (Å²) in [6, 6.07) is 8.09. The summed E-state index contributed by atoms with van der Waals surface area (Å²) in [4.78, 5) is 14.9. The summed E-state index contributed by atoms with van der Waals surface area (Å²) >= 11 is 0. The minimum Gasteiger partial charge on any atom is -0.395 e. The lowest BCUT2D eigenvalue weighted by atomic mass is 10.2. The molecule has 0 amide bonds. The van der Waals surface area contributed by atoms with Gasteiger partial charge in [-0.15, -0.1) is 0 Å². The molecule has 7 nitrogen and oxygen atoms in total. The summed E-state index contributed by atoms with van der Waals surface area (Å²) in [5.41, 5.74) is 3.50. The number of aliphatic hydroxyl groups is 2. The van der Waals surface area contributed by atoms with Crippen molar-refractivity contribution in [3.05, 3.63) is 42.5 Å². The quantitative estimate of drug-likeness (QED) is 0.703. The Morgan fingerprint density at radius 1 is 1.00 bits per heavy atom. The molecule has 120 valence electrons. The van der Waals surface area contributed by atoms with E-state index in [4.69, 9.17) is 0 Å². The average molecular weight is 313 g/mol. The van der Waals surface area contributed by atoms with Crippen LogP contribution in [0.4, 0.5) is 5.82 Å². The summed E-state index contributed by atoms with van der Waals surface area (Å²) in [7, 11) is 0. The number of anilines is 1. The van der Waals surface area contributed by atoms with Crippen LogP contribution in [0.5, 0.6) is 0 Å². The van der Waals surface area contributed by atoms with Crippen LogP contribution in [0.1, 0.15) is 5.56 Å². The lowest BCUT2D eigenvalue weighted by Gasteiger charge is -2.21. The van der Waals surface area contributed by atoms with Crippen LogP contribution in [-0.4, -0.2) is 56.0 Å². The summed E-state index contributed by atoms with van der Waals surface area (Å²) in [5, 5.41) is 18.4. The zero-order valence-corrected chi connectivity index (χ0v) is 12.9. The number of nitrogens with zero attached hydrogens (tertiary/aromatic N) is 5. The van der Waals surface area contributed by atoms with E-state index in [-0.39, 0.29) is 13.2 Å². The van der Waals surface area contributed by atoms with Crippen molar-refractivity contribution in [1.82, 2.24) is 19.5 Å². The van der Waals surface area contributed by atoms with Gasteiger partial charge in [0.15, 0.2) is 17.0 Å². The van der Waals surface area contributed by atoms with Crippen LogP contribution in [0.15, 0.2) is 36.9 Å². The maximum Gasteiger partial charge on any atom is 0.170 e. The highest BCUT2D eigenvalue weighted by molar-refractivity contribution is 5.84. The molecule has 0 saturated heterocycles. The Balaban J connectivity index is 2.08. The first-order valence-corrected chi connectivity index (χ1v) is 7.46. The monoisotopic (exact) mass is 313 g/mol. The number of imidazole rings is 1. The predicted octanol–water partition coefficient (Wildman–Crippen LogP) is 0.915. The third-order valence-electron chi connectivity index (χ3n) is 3.67. The van der Waals surface area contributed by atoms with Gasteiger partial charge in [0, 0.05) is 18.8 Å². The molecular weight excluding hydrogens is 294 g/mol. The molecule has 0 aliphatic rings. The minimum atomic E-state index is -0.0236. The minimum absolute atomic E-state index is 0.0236. The van der Waals surface area contributed by atoms with Gasteiger partial charge in [0.05, 0.1) is 13.2 Å². The van der Waals surface area contributed by atoms with Crippen LogP contribution in [0.3, 0.4) is 0 Å². The van der Waals surface area contributed by atoms with Gasteiger partial charge in [0.2, 0.25) is 0 Å². The van der Waals surface area contributed by atoms with E-state index >= 15 is 0 Å². The number of fused-ring (bicyclic) bond motifs is 1. The summed E-state index contributed by atoms with van der Waals surface area (Å²) in [6.45, 7) is 2.75.